The number of rotatable bonds is 1. The summed E-state index contributed by atoms with van der Waals surface area (Å²) in [6.07, 6.45) is 0. The second-order valence-corrected chi connectivity index (χ2v) is 6.86. The average Bonchev–Trinajstić information content (AvgIpc) is 3.06. The Bertz CT molecular complexity index is 1220. The number of hydrogen-bond donors (Lipinski definition) is 1. The summed E-state index contributed by atoms with van der Waals surface area (Å²) in [6.45, 7) is 0. The molecule has 5 aromatic rings. The van der Waals surface area contributed by atoms with Gasteiger partial charge in [-0.2, -0.15) is 0 Å². The lowest BCUT2D eigenvalue weighted by atomic mass is 10.0. The lowest BCUT2D eigenvalue weighted by Crippen LogP contribution is -1.80. The third kappa shape index (κ3) is 1.92. The van der Waals surface area contributed by atoms with Gasteiger partial charge >= 0.3 is 0 Å². The molecule has 3 heteroatoms. The molecule has 0 spiro atoms. The van der Waals surface area contributed by atoms with Gasteiger partial charge in [-0.15, -0.1) is 11.3 Å². The van der Waals surface area contributed by atoms with Gasteiger partial charge in [0.15, 0.2) is 0 Å². The van der Waals surface area contributed by atoms with Crippen molar-refractivity contribution >= 4 is 43.1 Å². The van der Waals surface area contributed by atoms with E-state index in [2.05, 4.69) is 48.5 Å². The molecule has 0 fully saturated rings. The second kappa shape index (κ2) is 5.05. The number of benzene rings is 4. The zero-order valence-corrected chi connectivity index (χ0v) is 13.5. The Kier molecular flexibility index (Phi) is 2.84. The van der Waals surface area contributed by atoms with E-state index in [0.717, 1.165) is 26.2 Å². The molecule has 4 aromatic carbocycles. The van der Waals surface area contributed by atoms with E-state index in [0.29, 0.717) is 0 Å². The lowest BCUT2D eigenvalue weighted by molar-refractivity contribution is 0.477. The maximum absolute atomic E-state index is 10.1. The number of para-hydroxylation sites is 1. The third-order valence-electron chi connectivity index (χ3n) is 4.42. The van der Waals surface area contributed by atoms with Gasteiger partial charge in [-0.1, -0.05) is 54.6 Å². The summed E-state index contributed by atoms with van der Waals surface area (Å²) in [4.78, 5) is 4.84. The van der Waals surface area contributed by atoms with E-state index < -0.39 is 0 Å². The molecule has 5 rings (SSSR count). The van der Waals surface area contributed by atoms with Crippen molar-refractivity contribution in [3.8, 4) is 16.3 Å². The zero-order valence-electron chi connectivity index (χ0n) is 12.7. The number of phenolic OH excluding ortho intramolecular Hbond substituents is 1. The highest BCUT2D eigenvalue weighted by Crippen LogP contribution is 2.38. The molecule has 1 heterocycles. The molecule has 24 heavy (non-hydrogen) atoms. The van der Waals surface area contributed by atoms with Crippen LogP contribution in [0.15, 0.2) is 72.8 Å². The highest BCUT2D eigenvalue weighted by Gasteiger charge is 2.12. The van der Waals surface area contributed by atoms with Crippen molar-refractivity contribution in [3.63, 3.8) is 0 Å². The minimum absolute atomic E-state index is 0.270. The monoisotopic (exact) mass is 327 g/mol. The van der Waals surface area contributed by atoms with Crippen molar-refractivity contribution < 1.29 is 5.11 Å². The summed E-state index contributed by atoms with van der Waals surface area (Å²) in [7, 11) is 0. The number of fused-ring (bicyclic) bond motifs is 5. The fraction of sp³-hybridized carbons (Fsp3) is 0. The molecule has 2 nitrogen and oxygen atoms in total. The van der Waals surface area contributed by atoms with Gasteiger partial charge in [-0.25, -0.2) is 4.98 Å². The van der Waals surface area contributed by atoms with Crippen molar-refractivity contribution in [2.24, 2.45) is 0 Å². The van der Waals surface area contributed by atoms with Crippen molar-refractivity contribution in [1.82, 2.24) is 4.98 Å². The maximum Gasteiger partial charge on any atom is 0.128 e. The number of aromatic nitrogens is 1. The molecule has 0 saturated heterocycles. The molecule has 0 radical (unpaired) electrons. The van der Waals surface area contributed by atoms with Crippen LogP contribution in [0.4, 0.5) is 0 Å². The van der Waals surface area contributed by atoms with Gasteiger partial charge in [0.05, 0.1) is 15.8 Å². The Morgan fingerprint density at radius 1 is 0.708 bits per heavy atom. The largest absolute Gasteiger partial charge is 0.507 e. The first-order chi connectivity index (χ1) is 11.8. The summed E-state index contributed by atoms with van der Waals surface area (Å²) < 4.78 is 1.14. The van der Waals surface area contributed by atoms with Gasteiger partial charge < -0.3 is 5.11 Å². The van der Waals surface area contributed by atoms with Crippen LogP contribution in [0.25, 0.3) is 42.3 Å². The third-order valence-corrected chi connectivity index (χ3v) is 5.47. The van der Waals surface area contributed by atoms with Crippen molar-refractivity contribution in [2.75, 3.05) is 0 Å². The standard InChI is InChI=1S/C21H13NOS/c23-18-8-4-3-7-17(18)21-22-20-16-10-9-13-5-1-2-6-14(13)15(16)11-12-19(20)24-21/h1-12,23H. The lowest BCUT2D eigenvalue weighted by Gasteiger charge is -2.04. The SMILES string of the molecule is Oc1ccccc1-c1nc2c(ccc3c4ccccc4ccc32)s1. The minimum Gasteiger partial charge on any atom is -0.507 e. The Hall–Kier alpha value is -2.91. The number of aromatic hydroxyl groups is 1. The van der Waals surface area contributed by atoms with Crippen LogP contribution in [-0.4, -0.2) is 10.1 Å². The molecule has 114 valence electrons. The van der Waals surface area contributed by atoms with Gasteiger partial charge in [0, 0.05) is 5.39 Å². The van der Waals surface area contributed by atoms with Crippen LogP contribution >= 0.6 is 11.3 Å². The van der Waals surface area contributed by atoms with Crippen LogP contribution in [0.1, 0.15) is 0 Å². The summed E-state index contributed by atoms with van der Waals surface area (Å²) in [5.74, 6) is 0.270. The molecular weight excluding hydrogens is 314 g/mol. The van der Waals surface area contributed by atoms with Gasteiger partial charge in [-0.3, -0.25) is 0 Å². The van der Waals surface area contributed by atoms with Gasteiger partial charge in [0.1, 0.15) is 10.8 Å². The molecule has 0 saturated carbocycles. The fourth-order valence-electron chi connectivity index (χ4n) is 3.25. The molecule has 0 aliphatic carbocycles. The minimum atomic E-state index is 0.270. The van der Waals surface area contributed by atoms with Gasteiger partial charge in [0.2, 0.25) is 0 Å². The van der Waals surface area contributed by atoms with E-state index >= 15 is 0 Å². The van der Waals surface area contributed by atoms with Crippen LogP contribution in [0.5, 0.6) is 5.75 Å². The van der Waals surface area contributed by atoms with E-state index in [1.165, 1.54) is 16.2 Å². The fourth-order valence-corrected chi connectivity index (χ4v) is 4.26. The van der Waals surface area contributed by atoms with Crippen LogP contribution in [-0.2, 0) is 0 Å². The van der Waals surface area contributed by atoms with Crippen molar-refractivity contribution in [1.29, 1.82) is 0 Å². The number of phenols is 1. The maximum atomic E-state index is 10.1. The molecule has 0 bridgehead atoms. The molecule has 0 atom stereocenters. The molecular formula is C21H13NOS. The van der Waals surface area contributed by atoms with Crippen molar-refractivity contribution in [2.45, 2.75) is 0 Å². The van der Waals surface area contributed by atoms with E-state index in [1.54, 1.807) is 17.4 Å². The van der Waals surface area contributed by atoms with Crippen LogP contribution in [0.2, 0.25) is 0 Å². The first-order valence-electron chi connectivity index (χ1n) is 7.81. The highest BCUT2D eigenvalue weighted by atomic mass is 32.1. The summed E-state index contributed by atoms with van der Waals surface area (Å²) in [5, 5.41) is 15.8. The van der Waals surface area contributed by atoms with E-state index in [-0.39, 0.29) is 5.75 Å². The second-order valence-electron chi connectivity index (χ2n) is 5.83. The summed E-state index contributed by atoms with van der Waals surface area (Å²) in [5.41, 5.74) is 1.79. The Balaban J connectivity index is 1.85. The quantitative estimate of drug-likeness (QED) is 0.384. The molecule has 0 amide bonds. The van der Waals surface area contributed by atoms with Gasteiger partial charge in [0.25, 0.3) is 0 Å². The van der Waals surface area contributed by atoms with Crippen LogP contribution in [0, 0.1) is 0 Å². The van der Waals surface area contributed by atoms with E-state index in [4.69, 9.17) is 4.98 Å². The first-order valence-corrected chi connectivity index (χ1v) is 8.62. The smallest absolute Gasteiger partial charge is 0.128 e. The Morgan fingerprint density at radius 2 is 1.50 bits per heavy atom. The molecule has 0 aliphatic rings. The normalized spacial score (nSPS) is 11.5. The van der Waals surface area contributed by atoms with Crippen molar-refractivity contribution in [3.05, 3.63) is 72.8 Å². The number of thiazole rings is 1. The van der Waals surface area contributed by atoms with E-state index in [9.17, 15) is 5.11 Å². The van der Waals surface area contributed by atoms with Gasteiger partial charge in [-0.05, 0) is 34.4 Å². The van der Waals surface area contributed by atoms with Crippen LogP contribution in [0.3, 0.4) is 0 Å². The molecule has 0 unspecified atom stereocenters. The number of hydrogen-bond acceptors (Lipinski definition) is 3. The Labute approximate surface area is 142 Å². The van der Waals surface area contributed by atoms with Crippen LogP contribution < -0.4 is 0 Å². The summed E-state index contributed by atoms with van der Waals surface area (Å²) in [6, 6.07) is 24.4. The molecule has 1 aromatic heterocycles. The predicted molar refractivity (Wildman–Crippen MR) is 102 cm³/mol. The average molecular weight is 327 g/mol. The number of nitrogens with zero attached hydrogens (tertiary/aromatic N) is 1. The topological polar surface area (TPSA) is 33.1 Å². The highest BCUT2D eigenvalue weighted by molar-refractivity contribution is 7.21. The molecule has 0 aliphatic heterocycles. The predicted octanol–water partition coefficient (Wildman–Crippen LogP) is 5.98. The molecule has 1 N–H and O–H groups in total. The summed E-state index contributed by atoms with van der Waals surface area (Å²) >= 11 is 1.61. The zero-order chi connectivity index (χ0) is 16.1. The van der Waals surface area contributed by atoms with E-state index in [1.807, 2.05) is 18.2 Å². The Morgan fingerprint density at radius 3 is 2.42 bits per heavy atom. The first kappa shape index (κ1) is 13.5.